The van der Waals surface area contributed by atoms with E-state index in [2.05, 4.69) is 11.4 Å². The second-order valence-corrected chi connectivity index (χ2v) is 7.79. The summed E-state index contributed by atoms with van der Waals surface area (Å²) < 4.78 is 16.9. The molecule has 0 atom stereocenters. The summed E-state index contributed by atoms with van der Waals surface area (Å²) in [5.41, 5.74) is 2.34. The summed E-state index contributed by atoms with van der Waals surface area (Å²) in [6.45, 7) is 4.02. The van der Waals surface area contributed by atoms with E-state index in [-0.39, 0.29) is 18.3 Å². The van der Waals surface area contributed by atoms with Gasteiger partial charge in [-0.05, 0) is 55.8 Å². The highest BCUT2D eigenvalue weighted by molar-refractivity contribution is 6.09. The van der Waals surface area contributed by atoms with Crippen LogP contribution in [0.5, 0.6) is 17.2 Å². The first-order valence-electron chi connectivity index (χ1n) is 10.9. The Hall–Kier alpha value is -4.75. The summed E-state index contributed by atoms with van der Waals surface area (Å²) in [6.07, 6.45) is 1.47. The minimum atomic E-state index is -0.540. The molecule has 0 bridgehead atoms. The van der Waals surface area contributed by atoms with E-state index in [1.54, 1.807) is 54.6 Å². The Morgan fingerprint density at radius 1 is 1.03 bits per heavy atom. The normalized spacial score (nSPS) is 10.7. The molecule has 1 amide bonds. The first-order valence-corrected chi connectivity index (χ1v) is 10.9. The molecule has 0 radical (unpaired) electrons. The molecule has 7 nitrogen and oxygen atoms in total. The monoisotopic (exact) mass is 467 g/mol. The molecule has 0 saturated heterocycles. The summed E-state index contributed by atoms with van der Waals surface area (Å²) in [4.78, 5) is 12.7. The molecule has 0 aliphatic heterocycles. The standard InChI is InChI=1S/C28H25N3O4/c1-19(2)35-25-10-6-9-24(15-25)31-28(32)23(17-30)13-20-11-12-26(27(14-20)33-3)34-18-22-8-5-4-7-21(22)16-29/h4-15,19H,18H2,1-3H3,(H,31,32)/b23-13-. The van der Waals surface area contributed by atoms with Crippen molar-refractivity contribution in [1.82, 2.24) is 0 Å². The number of anilines is 1. The number of ether oxygens (including phenoxy) is 3. The summed E-state index contributed by atoms with van der Waals surface area (Å²) in [5, 5.41) is 21.5. The lowest BCUT2D eigenvalue weighted by Gasteiger charge is -2.12. The van der Waals surface area contributed by atoms with Crippen LogP contribution in [-0.4, -0.2) is 19.1 Å². The second-order valence-electron chi connectivity index (χ2n) is 7.79. The molecule has 0 saturated carbocycles. The SMILES string of the molecule is COc1cc(/C=C(/C#N)C(=O)Nc2cccc(OC(C)C)c2)ccc1OCc1ccccc1C#N. The third-order valence-corrected chi connectivity index (χ3v) is 4.85. The highest BCUT2D eigenvalue weighted by atomic mass is 16.5. The van der Waals surface area contributed by atoms with Gasteiger partial charge in [0, 0.05) is 17.3 Å². The smallest absolute Gasteiger partial charge is 0.266 e. The molecule has 1 N–H and O–H groups in total. The predicted molar refractivity (Wildman–Crippen MR) is 133 cm³/mol. The van der Waals surface area contributed by atoms with Crippen molar-refractivity contribution in [2.24, 2.45) is 0 Å². The van der Waals surface area contributed by atoms with Crippen LogP contribution in [0.1, 0.15) is 30.5 Å². The zero-order chi connectivity index (χ0) is 25.2. The molecule has 7 heteroatoms. The molecule has 0 spiro atoms. The lowest BCUT2D eigenvalue weighted by atomic mass is 10.1. The first kappa shape index (κ1) is 24.9. The number of benzene rings is 3. The number of nitrogens with one attached hydrogen (secondary N) is 1. The van der Waals surface area contributed by atoms with Gasteiger partial charge in [0.25, 0.3) is 5.91 Å². The van der Waals surface area contributed by atoms with Crippen molar-refractivity contribution in [3.63, 3.8) is 0 Å². The third kappa shape index (κ3) is 6.86. The number of nitriles is 2. The van der Waals surface area contributed by atoms with Gasteiger partial charge in [-0.1, -0.05) is 30.3 Å². The quantitative estimate of drug-likeness (QED) is 0.330. The van der Waals surface area contributed by atoms with E-state index in [4.69, 9.17) is 14.2 Å². The van der Waals surface area contributed by atoms with Gasteiger partial charge in [-0.25, -0.2) is 0 Å². The Bertz CT molecular complexity index is 1320. The van der Waals surface area contributed by atoms with E-state index in [0.29, 0.717) is 34.1 Å². The van der Waals surface area contributed by atoms with Crippen LogP contribution in [0.3, 0.4) is 0 Å². The van der Waals surface area contributed by atoms with Crippen LogP contribution in [0.25, 0.3) is 6.08 Å². The van der Waals surface area contributed by atoms with Gasteiger partial charge < -0.3 is 19.5 Å². The number of hydrogen-bond acceptors (Lipinski definition) is 6. The number of carbonyl (C=O) groups excluding carboxylic acids is 1. The van der Waals surface area contributed by atoms with Crippen LogP contribution in [0.2, 0.25) is 0 Å². The minimum absolute atomic E-state index is 0.00135. The van der Waals surface area contributed by atoms with Gasteiger partial charge in [0.15, 0.2) is 11.5 Å². The van der Waals surface area contributed by atoms with Gasteiger partial charge in [0.1, 0.15) is 24.0 Å². The number of carbonyl (C=O) groups is 1. The van der Waals surface area contributed by atoms with Crippen LogP contribution in [-0.2, 0) is 11.4 Å². The third-order valence-electron chi connectivity index (χ3n) is 4.85. The van der Waals surface area contributed by atoms with E-state index in [0.717, 1.165) is 5.56 Å². The van der Waals surface area contributed by atoms with Crippen LogP contribution < -0.4 is 19.5 Å². The van der Waals surface area contributed by atoms with Gasteiger partial charge >= 0.3 is 0 Å². The Kier molecular flexibility index (Phi) is 8.48. The van der Waals surface area contributed by atoms with Gasteiger partial charge in [0.2, 0.25) is 0 Å². The highest BCUT2D eigenvalue weighted by Crippen LogP contribution is 2.30. The number of hydrogen-bond donors (Lipinski definition) is 1. The molecule has 0 aromatic heterocycles. The summed E-state index contributed by atoms with van der Waals surface area (Å²) in [7, 11) is 1.50. The fraction of sp³-hybridized carbons (Fsp3) is 0.179. The van der Waals surface area contributed by atoms with Gasteiger partial charge in [-0.2, -0.15) is 10.5 Å². The molecule has 0 unspecified atom stereocenters. The molecule has 0 aliphatic carbocycles. The Morgan fingerprint density at radius 2 is 1.83 bits per heavy atom. The summed E-state index contributed by atoms with van der Waals surface area (Å²) in [6, 6.07) is 23.3. The average molecular weight is 468 g/mol. The second kappa shape index (κ2) is 11.9. The lowest BCUT2D eigenvalue weighted by molar-refractivity contribution is -0.112. The minimum Gasteiger partial charge on any atom is -0.493 e. The van der Waals surface area contributed by atoms with E-state index >= 15 is 0 Å². The van der Waals surface area contributed by atoms with Crippen LogP contribution in [0.4, 0.5) is 5.69 Å². The molecule has 3 aromatic carbocycles. The van der Waals surface area contributed by atoms with Crippen molar-refractivity contribution in [3.05, 3.63) is 89.0 Å². The average Bonchev–Trinajstić information content (AvgIpc) is 2.86. The van der Waals surface area contributed by atoms with Crippen LogP contribution in [0.15, 0.2) is 72.3 Å². The molecule has 176 valence electrons. The zero-order valence-electron chi connectivity index (χ0n) is 19.7. The van der Waals surface area contributed by atoms with Crippen molar-refractivity contribution in [2.75, 3.05) is 12.4 Å². The number of amides is 1. The molecule has 35 heavy (non-hydrogen) atoms. The first-order chi connectivity index (χ1) is 16.9. The van der Waals surface area contributed by atoms with Gasteiger partial charge in [0.05, 0.1) is 24.8 Å². The Balaban J connectivity index is 1.75. The fourth-order valence-corrected chi connectivity index (χ4v) is 3.24. The van der Waals surface area contributed by atoms with E-state index in [9.17, 15) is 15.3 Å². The van der Waals surface area contributed by atoms with Crippen molar-refractivity contribution < 1.29 is 19.0 Å². The maximum atomic E-state index is 12.7. The molecule has 3 rings (SSSR count). The Labute approximate surface area is 204 Å². The maximum absolute atomic E-state index is 12.7. The van der Waals surface area contributed by atoms with Crippen LogP contribution >= 0.6 is 0 Å². The van der Waals surface area contributed by atoms with Crippen LogP contribution in [0, 0.1) is 22.7 Å². The van der Waals surface area contributed by atoms with Gasteiger partial charge in [-0.15, -0.1) is 0 Å². The van der Waals surface area contributed by atoms with Gasteiger partial charge in [-0.3, -0.25) is 4.79 Å². The molecular formula is C28H25N3O4. The number of methoxy groups -OCH3 is 1. The van der Waals surface area contributed by atoms with E-state index in [1.807, 2.05) is 32.0 Å². The van der Waals surface area contributed by atoms with Crippen molar-refractivity contribution in [2.45, 2.75) is 26.6 Å². The largest absolute Gasteiger partial charge is 0.493 e. The number of nitrogens with zero attached hydrogens (tertiary/aromatic N) is 2. The topological polar surface area (TPSA) is 104 Å². The zero-order valence-corrected chi connectivity index (χ0v) is 19.7. The van der Waals surface area contributed by atoms with Crippen molar-refractivity contribution >= 4 is 17.7 Å². The maximum Gasteiger partial charge on any atom is 0.266 e. The van der Waals surface area contributed by atoms with Crippen molar-refractivity contribution in [3.8, 4) is 29.4 Å². The predicted octanol–water partition coefficient (Wildman–Crippen LogP) is 5.48. The molecule has 0 fully saturated rings. The van der Waals surface area contributed by atoms with Crippen molar-refractivity contribution in [1.29, 1.82) is 10.5 Å². The highest BCUT2D eigenvalue weighted by Gasteiger charge is 2.12. The lowest BCUT2D eigenvalue weighted by Crippen LogP contribution is -2.13. The molecule has 0 aliphatic rings. The van der Waals surface area contributed by atoms with E-state index in [1.165, 1.54) is 13.2 Å². The molecule has 3 aromatic rings. The van der Waals surface area contributed by atoms with E-state index < -0.39 is 5.91 Å². The number of rotatable bonds is 9. The Morgan fingerprint density at radius 3 is 2.54 bits per heavy atom. The summed E-state index contributed by atoms with van der Waals surface area (Å²) in [5.74, 6) is 0.992. The molecule has 0 heterocycles. The molecular weight excluding hydrogens is 442 g/mol. The summed E-state index contributed by atoms with van der Waals surface area (Å²) >= 11 is 0. The fourth-order valence-electron chi connectivity index (χ4n) is 3.24.